The van der Waals surface area contributed by atoms with Gasteiger partial charge in [0, 0.05) is 15.1 Å². The number of hydrogen-bond donors (Lipinski definition) is 2. The van der Waals surface area contributed by atoms with Gasteiger partial charge in [-0.15, -0.1) is 0 Å². The number of carbonyl (C=O) groups is 1. The molecule has 0 radical (unpaired) electrons. The molecule has 2 heterocycles. The summed E-state index contributed by atoms with van der Waals surface area (Å²) in [5, 5.41) is 3.38. The highest BCUT2D eigenvalue weighted by Gasteiger charge is 2.26. The van der Waals surface area contributed by atoms with Crippen molar-refractivity contribution >= 4 is 50.8 Å². The molecule has 1 aromatic heterocycles. The third-order valence-corrected chi connectivity index (χ3v) is 3.49. The number of amides is 1. The van der Waals surface area contributed by atoms with Crippen LogP contribution in [-0.2, 0) is 4.79 Å². The van der Waals surface area contributed by atoms with Crippen molar-refractivity contribution in [2.24, 2.45) is 0 Å². The van der Waals surface area contributed by atoms with Crippen LogP contribution in [-0.4, -0.2) is 15.9 Å². The number of nitrogens with one attached hydrogen (secondary N) is 2. The number of halogens is 2. The first-order valence-electron chi connectivity index (χ1n) is 5.16. The largest absolute Gasteiger partial charge is 0.345 e. The van der Waals surface area contributed by atoms with Crippen molar-refractivity contribution in [3.8, 4) is 0 Å². The zero-order valence-electron chi connectivity index (χ0n) is 9.00. The number of benzene rings is 1. The van der Waals surface area contributed by atoms with Crippen LogP contribution in [0, 0.1) is 0 Å². The number of aromatic amines is 1. The smallest absolute Gasteiger partial charge is 0.256 e. The second kappa shape index (κ2) is 4.26. The zero-order valence-corrected chi connectivity index (χ0v) is 11.3. The van der Waals surface area contributed by atoms with E-state index in [9.17, 15) is 4.79 Å². The van der Waals surface area contributed by atoms with Crippen molar-refractivity contribution in [2.75, 3.05) is 5.32 Å². The maximum absolute atomic E-state index is 11.9. The summed E-state index contributed by atoms with van der Waals surface area (Å²) in [5.41, 5.74) is 2.87. The van der Waals surface area contributed by atoms with Gasteiger partial charge < -0.3 is 10.3 Å². The summed E-state index contributed by atoms with van der Waals surface area (Å²) < 4.78 is 0.770. The quantitative estimate of drug-likeness (QED) is 0.791. The summed E-state index contributed by atoms with van der Waals surface area (Å²) in [7, 11) is 0. The Morgan fingerprint density at radius 1 is 1.39 bits per heavy atom. The predicted octanol–water partition coefficient (Wildman–Crippen LogP) is 3.32. The van der Waals surface area contributed by atoms with Crippen molar-refractivity contribution in [3.05, 3.63) is 45.4 Å². The summed E-state index contributed by atoms with van der Waals surface area (Å²) in [6.45, 7) is 0. The van der Waals surface area contributed by atoms with E-state index >= 15 is 0 Å². The lowest BCUT2D eigenvalue weighted by molar-refractivity contribution is -0.110. The first-order chi connectivity index (χ1) is 8.65. The minimum Gasteiger partial charge on any atom is -0.345 e. The maximum atomic E-state index is 11.9. The van der Waals surface area contributed by atoms with Crippen molar-refractivity contribution in [1.82, 2.24) is 9.97 Å². The van der Waals surface area contributed by atoms with Crippen LogP contribution in [0.15, 0.2) is 29.1 Å². The van der Waals surface area contributed by atoms with Gasteiger partial charge in [0.2, 0.25) is 0 Å². The number of aromatic nitrogens is 2. The number of fused-ring (bicyclic) bond motifs is 1. The van der Waals surface area contributed by atoms with E-state index in [0.29, 0.717) is 10.6 Å². The van der Waals surface area contributed by atoms with E-state index in [1.165, 1.54) is 0 Å². The van der Waals surface area contributed by atoms with Crippen molar-refractivity contribution < 1.29 is 4.79 Å². The van der Waals surface area contributed by atoms with Crippen LogP contribution in [0.2, 0.25) is 5.02 Å². The van der Waals surface area contributed by atoms with Gasteiger partial charge in [-0.2, -0.15) is 0 Å². The SMILES string of the molecule is O=C1Nc2c(Br)cc(Cl)cc2C1=Cc1cnc[nH]1. The van der Waals surface area contributed by atoms with Gasteiger partial charge in [0.25, 0.3) is 5.91 Å². The number of rotatable bonds is 1. The molecule has 2 aromatic rings. The van der Waals surface area contributed by atoms with Crippen molar-refractivity contribution in [1.29, 1.82) is 0 Å². The number of carbonyl (C=O) groups excluding carboxylic acids is 1. The van der Waals surface area contributed by atoms with E-state index in [1.54, 1.807) is 30.7 Å². The molecule has 4 nitrogen and oxygen atoms in total. The maximum Gasteiger partial charge on any atom is 0.256 e. The number of imidazole rings is 1. The lowest BCUT2D eigenvalue weighted by Gasteiger charge is -2.02. The highest BCUT2D eigenvalue weighted by Crippen LogP contribution is 2.40. The van der Waals surface area contributed by atoms with Crippen molar-refractivity contribution in [3.63, 3.8) is 0 Å². The highest BCUT2D eigenvalue weighted by atomic mass is 79.9. The Labute approximate surface area is 116 Å². The standard InChI is InChI=1S/C12H7BrClN3O/c13-10-2-6(14)1-8-9(12(18)17-11(8)10)3-7-4-15-5-16-7/h1-5H,(H,15,16)(H,17,18). The summed E-state index contributed by atoms with van der Waals surface area (Å²) in [6, 6.07) is 3.52. The van der Waals surface area contributed by atoms with E-state index in [4.69, 9.17) is 11.6 Å². The Morgan fingerprint density at radius 2 is 2.22 bits per heavy atom. The van der Waals surface area contributed by atoms with Gasteiger partial charge >= 0.3 is 0 Å². The van der Waals surface area contributed by atoms with E-state index < -0.39 is 0 Å². The molecule has 0 spiro atoms. The summed E-state index contributed by atoms with van der Waals surface area (Å²) in [4.78, 5) is 18.8. The van der Waals surface area contributed by atoms with Crippen molar-refractivity contribution in [2.45, 2.75) is 0 Å². The molecule has 3 rings (SSSR count). The first kappa shape index (κ1) is 11.5. The van der Waals surface area contributed by atoms with Crippen LogP contribution in [0.3, 0.4) is 0 Å². The fourth-order valence-electron chi connectivity index (χ4n) is 1.86. The number of H-pyrrole nitrogens is 1. The van der Waals surface area contributed by atoms with Gasteiger partial charge in [0.15, 0.2) is 0 Å². The molecule has 1 aliphatic heterocycles. The van der Waals surface area contributed by atoms with Crippen LogP contribution < -0.4 is 5.32 Å². The molecular weight excluding hydrogens is 318 g/mol. The van der Waals surface area contributed by atoms with Crippen LogP contribution in [0.4, 0.5) is 5.69 Å². The molecule has 0 saturated carbocycles. The van der Waals surface area contributed by atoms with E-state index in [1.807, 2.05) is 0 Å². The molecule has 0 aliphatic carbocycles. The number of nitrogens with zero attached hydrogens (tertiary/aromatic N) is 1. The second-order valence-electron chi connectivity index (χ2n) is 3.83. The van der Waals surface area contributed by atoms with Gasteiger partial charge in [-0.3, -0.25) is 4.79 Å². The molecule has 0 saturated heterocycles. The van der Waals surface area contributed by atoms with Gasteiger partial charge in [0.1, 0.15) is 0 Å². The molecule has 0 bridgehead atoms. The van der Waals surface area contributed by atoms with Gasteiger partial charge in [0.05, 0.1) is 29.5 Å². The van der Waals surface area contributed by atoms with Gasteiger partial charge in [-0.25, -0.2) is 4.98 Å². The lowest BCUT2D eigenvalue weighted by Crippen LogP contribution is -2.03. The summed E-state index contributed by atoms with van der Waals surface area (Å²) in [5.74, 6) is -0.150. The predicted molar refractivity (Wildman–Crippen MR) is 74.2 cm³/mol. The monoisotopic (exact) mass is 323 g/mol. The average Bonchev–Trinajstić information content (AvgIpc) is 2.91. The first-order valence-corrected chi connectivity index (χ1v) is 6.33. The minimum absolute atomic E-state index is 0.150. The third kappa shape index (κ3) is 1.85. The molecule has 90 valence electrons. The van der Waals surface area contributed by atoms with Crippen LogP contribution >= 0.6 is 27.5 Å². The average molecular weight is 325 g/mol. The summed E-state index contributed by atoms with van der Waals surface area (Å²) in [6.07, 6.45) is 4.96. The topological polar surface area (TPSA) is 57.8 Å². The molecule has 1 amide bonds. The second-order valence-corrected chi connectivity index (χ2v) is 5.12. The molecule has 0 atom stereocenters. The van der Waals surface area contributed by atoms with Crippen LogP contribution in [0.1, 0.15) is 11.3 Å². The number of anilines is 1. The lowest BCUT2D eigenvalue weighted by atomic mass is 10.1. The number of hydrogen-bond acceptors (Lipinski definition) is 2. The van der Waals surface area contributed by atoms with E-state index in [0.717, 1.165) is 21.4 Å². The molecular formula is C12H7BrClN3O. The molecule has 6 heteroatoms. The Kier molecular flexibility index (Phi) is 2.72. The minimum atomic E-state index is -0.150. The van der Waals surface area contributed by atoms with Gasteiger partial charge in [-0.05, 0) is 34.1 Å². The van der Waals surface area contributed by atoms with E-state index in [-0.39, 0.29) is 5.91 Å². The molecule has 0 unspecified atom stereocenters. The van der Waals surface area contributed by atoms with E-state index in [2.05, 4.69) is 31.2 Å². The Balaban J connectivity index is 2.18. The Hall–Kier alpha value is -1.59. The van der Waals surface area contributed by atoms with Crippen LogP contribution in [0.25, 0.3) is 11.6 Å². The van der Waals surface area contributed by atoms with Gasteiger partial charge in [-0.1, -0.05) is 11.6 Å². The Bertz CT molecular complexity index is 664. The third-order valence-electron chi connectivity index (χ3n) is 2.65. The summed E-state index contributed by atoms with van der Waals surface area (Å²) >= 11 is 9.39. The fraction of sp³-hybridized carbons (Fsp3) is 0. The Morgan fingerprint density at radius 3 is 2.94 bits per heavy atom. The highest BCUT2D eigenvalue weighted by molar-refractivity contribution is 9.10. The molecule has 2 N–H and O–H groups in total. The molecule has 18 heavy (non-hydrogen) atoms. The normalized spacial score (nSPS) is 15.9. The molecule has 0 fully saturated rings. The molecule has 1 aromatic carbocycles. The zero-order chi connectivity index (χ0) is 12.7. The van der Waals surface area contributed by atoms with Crippen LogP contribution in [0.5, 0.6) is 0 Å². The molecule has 1 aliphatic rings. The fourth-order valence-corrected chi connectivity index (χ4v) is 2.77.